The van der Waals surface area contributed by atoms with Crippen molar-refractivity contribution in [2.24, 2.45) is 0 Å². The third-order valence-corrected chi connectivity index (χ3v) is 1.90. The van der Waals surface area contributed by atoms with E-state index < -0.39 is 6.10 Å². The molecule has 66 valence electrons. The van der Waals surface area contributed by atoms with Crippen molar-refractivity contribution in [1.29, 1.82) is 0 Å². The number of nitrogens with zero attached hydrogens (tertiary/aromatic N) is 1. The highest BCUT2D eigenvalue weighted by atomic mass is 16.5. The molecule has 0 amide bonds. The molecule has 0 saturated carbocycles. The van der Waals surface area contributed by atoms with Gasteiger partial charge in [-0.25, -0.2) is 0 Å². The van der Waals surface area contributed by atoms with Crippen LogP contribution >= 0.6 is 0 Å². The maximum Gasteiger partial charge on any atom is 0.189 e. The van der Waals surface area contributed by atoms with Crippen LogP contribution in [0.5, 0.6) is 0 Å². The Morgan fingerprint density at radius 2 is 2.25 bits per heavy atom. The number of pyridine rings is 1. The van der Waals surface area contributed by atoms with Gasteiger partial charge in [0.05, 0.1) is 6.10 Å². The molecule has 1 rings (SSSR count). The van der Waals surface area contributed by atoms with Gasteiger partial charge in [-0.2, -0.15) is 4.73 Å². The van der Waals surface area contributed by atoms with E-state index in [0.717, 1.165) is 4.73 Å². The zero-order valence-electron chi connectivity index (χ0n) is 7.32. The van der Waals surface area contributed by atoms with Crippen molar-refractivity contribution < 1.29 is 9.84 Å². The Kier molecular flexibility index (Phi) is 2.65. The third kappa shape index (κ3) is 1.74. The number of aromatic nitrogens is 1. The quantitative estimate of drug-likeness (QED) is 0.529. The van der Waals surface area contributed by atoms with Crippen LogP contribution in [0.1, 0.15) is 30.7 Å². The highest BCUT2D eigenvalue weighted by Gasteiger charge is 2.08. The average Bonchev–Trinajstić information content (AvgIpc) is 2.08. The van der Waals surface area contributed by atoms with E-state index >= 15 is 0 Å². The second-order valence-corrected chi connectivity index (χ2v) is 2.85. The van der Waals surface area contributed by atoms with E-state index in [9.17, 15) is 10.3 Å². The van der Waals surface area contributed by atoms with Crippen molar-refractivity contribution in [2.45, 2.75) is 26.4 Å². The number of hydrogen-bond donors (Lipinski definition) is 1. The molecule has 0 aliphatic heterocycles. The number of aryl methyl sites for hydroxylation is 1. The molecule has 0 aliphatic carbocycles. The minimum atomic E-state index is -0.522. The maximum atomic E-state index is 11.1. The van der Waals surface area contributed by atoms with Crippen molar-refractivity contribution in [3.8, 4) is 0 Å². The molecule has 0 aliphatic rings. The second-order valence-electron chi connectivity index (χ2n) is 2.85. The summed E-state index contributed by atoms with van der Waals surface area (Å²) >= 11 is 0. The van der Waals surface area contributed by atoms with E-state index in [4.69, 9.17) is 0 Å². The minimum Gasteiger partial charge on any atom is -0.618 e. The standard InChI is InChI=1S/C9H13NO2/c1-3-9(11)8-5-4-7(2)10(12)6-8/h4-6,9,11H,3H2,1-2H3/t9-/m1/s1. The molecule has 12 heavy (non-hydrogen) atoms. The first-order valence-corrected chi connectivity index (χ1v) is 4.03. The van der Waals surface area contributed by atoms with Crippen LogP contribution < -0.4 is 4.73 Å². The lowest BCUT2D eigenvalue weighted by Gasteiger charge is -2.07. The normalized spacial score (nSPS) is 12.9. The molecular weight excluding hydrogens is 154 g/mol. The maximum absolute atomic E-state index is 11.1. The molecule has 1 N–H and O–H groups in total. The Hall–Kier alpha value is -1.09. The first kappa shape index (κ1) is 9.00. The van der Waals surface area contributed by atoms with E-state index in [1.807, 2.05) is 6.92 Å². The zero-order valence-corrected chi connectivity index (χ0v) is 7.32. The van der Waals surface area contributed by atoms with Crippen LogP contribution in [-0.2, 0) is 0 Å². The summed E-state index contributed by atoms with van der Waals surface area (Å²) in [5.41, 5.74) is 1.32. The van der Waals surface area contributed by atoms with Gasteiger partial charge in [-0.3, -0.25) is 0 Å². The third-order valence-electron chi connectivity index (χ3n) is 1.90. The van der Waals surface area contributed by atoms with Gasteiger partial charge in [0.25, 0.3) is 0 Å². The summed E-state index contributed by atoms with van der Waals surface area (Å²) in [6.07, 6.45) is 1.53. The highest BCUT2D eigenvalue weighted by Crippen LogP contribution is 2.13. The van der Waals surface area contributed by atoms with Crippen molar-refractivity contribution in [3.05, 3.63) is 34.8 Å². The van der Waals surface area contributed by atoms with E-state index in [1.54, 1.807) is 19.1 Å². The topological polar surface area (TPSA) is 47.2 Å². The lowest BCUT2D eigenvalue weighted by atomic mass is 10.1. The Morgan fingerprint density at radius 3 is 2.75 bits per heavy atom. The van der Waals surface area contributed by atoms with Gasteiger partial charge in [0.15, 0.2) is 11.9 Å². The summed E-state index contributed by atoms with van der Waals surface area (Å²) in [4.78, 5) is 0. The van der Waals surface area contributed by atoms with E-state index in [2.05, 4.69) is 0 Å². The van der Waals surface area contributed by atoms with Crippen molar-refractivity contribution in [1.82, 2.24) is 0 Å². The van der Waals surface area contributed by atoms with Crippen LogP contribution in [0.25, 0.3) is 0 Å². The SMILES string of the molecule is CC[C@@H](O)c1ccc(C)[n+]([O-])c1. The number of aliphatic hydroxyl groups excluding tert-OH is 1. The molecule has 0 bridgehead atoms. The lowest BCUT2D eigenvalue weighted by Crippen LogP contribution is -2.30. The van der Waals surface area contributed by atoms with Gasteiger partial charge in [0, 0.05) is 18.6 Å². The molecule has 0 radical (unpaired) electrons. The monoisotopic (exact) mass is 167 g/mol. The predicted molar refractivity (Wildman–Crippen MR) is 45.4 cm³/mol. The molecular formula is C9H13NO2. The molecule has 1 heterocycles. The van der Waals surface area contributed by atoms with Crippen LogP contribution in [0.2, 0.25) is 0 Å². The van der Waals surface area contributed by atoms with Gasteiger partial charge >= 0.3 is 0 Å². The van der Waals surface area contributed by atoms with E-state index in [0.29, 0.717) is 17.7 Å². The Balaban J connectivity index is 2.96. The van der Waals surface area contributed by atoms with Gasteiger partial charge in [-0.15, -0.1) is 0 Å². The average molecular weight is 167 g/mol. The Morgan fingerprint density at radius 1 is 1.58 bits per heavy atom. The summed E-state index contributed by atoms with van der Waals surface area (Å²) in [6, 6.07) is 3.49. The Labute approximate surface area is 71.9 Å². The van der Waals surface area contributed by atoms with Gasteiger partial charge < -0.3 is 10.3 Å². The summed E-state index contributed by atoms with van der Waals surface area (Å²) < 4.78 is 0.772. The largest absolute Gasteiger partial charge is 0.618 e. The summed E-state index contributed by atoms with van der Waals surface area (Å²) in [5.74, 6) is 0. The van der Waals surface area contributed by atoms with E-state index in [-0.39, 0.29) is 0 Å². The molecule has 0 spiro atoms. The first-order chi connectivity index (χ1) is 5.65. The minimum absolute atomic E-state index is 0.522. The fourth-order valence-corrected chi connectivity index (χ4v) is 1.00. The summed E-state index contributed by atoms with van der Waals surface area (Å²) in [6.45, 7) is 3.61. The van der Waals surface area contributed by atoms with Crippen molar-refractivity contribution in [3.63, 3.8) is 0 Å². The highest BCUT2D eigenvalue weighted by molar-refractivity contribution is 5.11. The molecule has 1 aromatic rings. The molecule has 0 saturated heterocycles. The molecule has 0 fully saturated rings. The van der Waals surface area contributed by atoms with Gasteiger partial charge in [0.1, 0.15) is 0 Å². The fourth-order valence-electron chi connectivity index (χ4n) is 1.00. The van der Waals surface area contributed by atoms with Crippen LogP contribution in [0.4, 0.5) is 0 Å². The number of rotatable bonds is 2. The predicted octanol–water partition coefficient (Wildman–Crippen LogP) is 1.07. The summed E-state index contributed by atoms with van der Waals surface area (Å²) in [7, 11) is 0. The lowest BCUT2D eigenvalue weighted by molar-refractivity contribution is -0.613. The number of aliphatic hydroxyl groups is 1. The van der Waals surface area contributed by atoms with Crippen LogP contribution in [0, 0.1) is 12.1 Å². The number of hydrogen-bond acceptors (Lipinski definition) is 2. The van der Waals surface area contributed by atoms with Crippen molar-refractivity contribution in [2.75, 3.05) is 0 Å². The molecule has 3 heteroatoms. The second kappa shape index (κ2) is 3.54. The van der Waals surface area contributed by atoms with Crippen molar-refractivity contribution >= 4 is 0 Å². The van der Waals surface area contributed by atoms with Gasteiger partial charge in [-0.1, -0.05) is 6.92 Å². The van der Waals surface area contributed by atoms with Crippen LogP contribution in [-0.4, -0.2) is 5.11 Å². The van der Waals surface area contributed by atoms with E-state index in [1.165, 1.54) is 6.20 Å². The van der Waals surface area contributed by atoms with Gasteiger partial charge in [-0.05, 0) is 12.5 Å². The first-order valence-electron chi connectivity index (χ1n) is 4.03. The smallest absolute Gasteiger partial charge is 0.189 e. The zero-order chi connectivity index (χ0) is 9.14. The molecule has 1 atom stereocenters. The van der Waals surface area contributed by atoms with Crippen LogP contribution in [0.3, 0.4) is 0 Å². The summed E-state index contributed by atoms with van der Waals surface area (Å²) in [5, 5.41) is 20.5. The Bertz CT molecular complexity index is 273. The fraction of sp³-hybridized carbons (Fsp3) is 0.444. The molecule has 0 unspecified atom stereocenters. The molecule has 0 aromatic carbocycles. The molecule has 1 aromatic heterocycles. The molecule has 3 nitrogen and oxygen atoms in total. The van der Waals surface area contributed by atoms with Gasteiger partial charge in [0.2, 0.25) is 0 Å². The van der Waals surface area contributed by atoms with Crippen LogP contribution in [0.15, 0.2) is 18.3 Å².